The fourth-order valence-electron chi connectivity index (χ4n) is 2.29. The lowest BCUT2D eigenvalue weighted by molar-refractivity contribution is -0.0146. The van der Waals surface area contributed by atoms with Crippen molar-refractivity contribution >= 4 is 0 Å². The van der Waals surface area contributed by atoms with E-state index in [0.29, 0.717) is 6.10 Å². The van der Waals surface area contributed by atoms with E-state index in [1.54, 1.807) is 0 Å². The van der Waals surface area contributed by atoms with Crippen LogP contribution in [0, 0.1) is 0 Å². The molecule has 2 atom stereocenters. The molecule has 1 saturated carbocycles. The molecule has 15 heavy (non-hydrogen) atoms. The third-order valence-corrected chi connectivity index (χ3v) is 3.48. The van der Waals surface area contributed by atoms with Gasteiger partial charge in [-0.2, -0.15) is 0 Å². The number of ether oxygens (including phenoxy) is 1. The molecule has 0 heterocycles. The van der Waals surface area contributed by atoms with Crippen molar-refractivity contribution in [2.75, 3.05) is 20.3 Å². The molecule has 3 nitrogen and oxygen atoms in total. The lowest BCUT2D eigenvalue weighted by Crippen LogP contribution is -2.51. The van der Waals surface area contributed by atoms with Crippen LogP contribution in [0.4, 0.5) is 0 Å². The van der Waals surface area contributed by atoms with Gasteiger partial charge in [-0.15, -0.1) is 0 Å². The second-order valence-corrected chi connectivity index (χ2v) is 4.63. The Morgan fingerprint density at radius 2 is 2.33 bits per heavy atom. The molecule has 0 amide bonds. The summed E-state index contributed by atoms with van der Waals surface area (Å²) < 4.78 is 5.83. The average molecular weight is 215 g/mol. The summed E-state index contributed by atoms with van der Waals surface area (Å²) in [4.78, 5) is 0. The predicted octanol–water partition coefficient (Wildman–Crippen LogP) is 1.70. The van der Waals surface area contributed by atoms with Crippen molar-refractivity contribution in [3.8, 4) is 0 Å². The summed E-state index contributed by atoms with van der Waals surface area (Å²) in [5.41, 5.74) is -0.0882. The number of nitrogens with one attached hydrogen (secondary N) is 1. The van der Waals surface area contributed by atoms with Gasteiger partial charge < -0.3 is 15.2 Å². The third-order valence-electron chi connectivity index (χ3n) is 3.48. The Balaban J connectivity index is 2.34. The lowest BCUT2D eigenvalue weighted by Gasteiger charge is -2.39. The maximum absolute atomic E-state index is 9.41. The molecule has 1 aliphatic rings. The van der Waals surface area contributed by atoms with E-state index in [2.05, 4.69) is 12.2 Å². The molecular formula is C12H25NO2. The average Bonchev–Trinajstić information content (AvgIpc) is 2.30. The quantitative estimate of drug-likeness (QED) is 0.663. The number of hydrogen-bond acceptors (Lipinski definition) is 3. The molecule has 0 aromatic heterocycles. The van der Waals surface area contributed by atoms with E-state index in [4.69, 9.17) is 4.74 Å². The molecule has 1 fully saturated rings. The first-order valence-electron chi connectivity index (χ1n) is 6.17. The van der Waals surface area contributed by atoms with Gasteiger partial charge >= 0.3 is 0 Å². The minimum absolute atomic E-state index is 0.0882. The largest absolute Gasteiger partial charge is 0.394 e. The zero-order valence-corrected chi connectivity index (χ0v) is 10.1. The molecule has 0 radical (unpaired) electrons. The van der Waals surface area contributed by atoms with Gasteiger partial charge in [-0.1, -0.05) is 13.3 Å². The van der Waals surface area contributed by atoms with Crippen LogP contribution in [0.1, 0.15) is 45.4 Å². The van der Waals surface area contributed by atoms with E-state index < -0.39 is 0 Å². The Morgan fingerprint density at radius 3 is 2.93 bits per heavy atom. The Kier molecular flexibility index (Phi) is 5.58. The van der Waals surface area contributed by atoms with Crippen LogP contribution in [0.5, 0.6) is 0 Å². The SMILES string of the molecule is CCCCOC1CCCC(CO)(NC)C1. The van der Waals surface area contributed by atoms with E-state index in [-0.39, 0.29) is 12.1 Å². The fourth-order valence-corrected chi connectivity index (χ4v) is 2.29. The van der Waals surface area contributed by atoms with Crippen molar-refractivity contribution in [1.82, 2.24) is 5.32 Å². The van der Waals surface area contributed by atoms with Crippen LogP contribution in [0.3, 0.4) is 0 Å². The highest BCUT2D eigenvalue weighted by molar-refractivity contribution is 4.92. The molecule has 90 valence electrons. The van der Waals surface area contributed by atoms with Gasteiger partial charge in [0.05, 0.1) is 12.7 Å². The van der Waals surface area contributed by atoms with Crippen LogP contribution >= 0.6 is 0 Å². The number of aliphatic hydroxyl groups excluding tert-OH is 1. The number of unbranched alkanes of at least 4 members (excludes halogenated alkanes) is 1. The minimum atomic E-state index is -0.0882. The molecule has 0 bridgehead atoms. The molecule has 1 rings (SSSR count). The van der Waals surface area contributed by atoms with Gasteiger partial charge in [0.2, 0.25) is 0 Å². The first-order chi connectivity index (χ1) is 7.26. The molecule has 0 aliphatic heterocycles. The zero-order chi connectivity index (χ0) is 11.1. The second kappa shape index (κ2) is 6.46. The van der Waals surface area contributed by atoms with Crippen LogP contribution in [-0.4, -0.2) is 37.0 Å². The molecule has 1 aliphatic carbocycles. The first-order valence-corrected chi connectivity index (χ1v) is 6.17. The highest BCUT2D eigenvalue weighted by Crippen LogP contribution is 2.29. The highest BCUT2D eigenvalue weighted by Gasteiger charge is 2.34. The highest BCUT2D eigenvalue weighted by atomic mass is 16.5. The summed E-state index contributed by atoms with van der Waals surface area (Å²) in [5.74, 6) is 0. The van der Waals surface area contributed by atoms with Crippen molar-refractivity contribution < 1.29 is 9.84 Å². The summed E-state index contributed by atoms with van der Waals surface area (Å²) in [5, 5.41) is 12.7. The minimum Gasteiger partial charge on any atom is -0.394 e. The number of likely N-dealkylation sites (N-methyl/N-ethyl adjacent to an activating group) is 1. The van der Waals surface area contributed by atoms with Gasteiger partial charge in [0.1, 0.15) is 0 Å². The van der Waals surface area contributed by atoms with E-state index in [1.807, 2.05) is 7.05 Å². The van der Waals surface area contributed by atoms with Crippen LogP contribution in [-0.2, 0) is 4.74 Å². The van der Waals surface area contributed by atoms with Crippen LogP contribution in [0.15, 0.2) is 0 Å². The van der Waals surface area contributed by atoms with Gasteiger partial charge in [0.15, 0.2) is 0 Å². The maximum Gasteiger partial charge on any atom is 0.0614 e. The summed E-state index contributed by atoms with van der Waals surface area (Å²) >= 11 is 0. The van der Waals surface area contributed by atoms with E-state index in [9.17, 15) is 5.11 Å². The van der Waals surface area contributed by atoms with Crippen molar-refractivity contribution in [1.29, 1.82) is 0 Å². The maximum atomic E-state index is 9.41. The summed E-state index contributed by atoms with van der Waals surface area (Å²) in [7, 11) is 1.94. The van der Waals surface area contributed by atoms with Crippen LogP contribution in [0.2, 0.25) is 0 Å². The number of hydrogen-bond donors (Lipinski definition) is 2. The fraction of sp³-hybridized carbons (Fsp3) is 1.00. The first kappa shape index (κ1) is 12.9. The van der Waals surface area contributed by atoms with Crippen molar-refractivity contribution in [3.63, 3.8) is 0 Å². The van der Waals surface area contributed by atoms with Crippen molar-refractivity contribution in [3.05, 3.63) is 0 Å². The Bertz CT molecular complexity index is 169. The normalized spacial score (nSPS) is 31.8. The lowest BCUT2D eigenvalue weighted by atomic mass is 9.81. The van der Waals surface area contributed by atoms with Gasteiger partial charge in [-0.25, -0.2) is 0 Å². The number of rotatable bonds is 6. The molecule has 2 N–H and O–H groups in total. The summed E-state index contributed by atoms with van der Waals surface area (Å²) in [6, 6.07) is 0. The van der Waals surface area contributed by atoms with Gasteiger partial charge in [-0.05, 0) is 39.2 Å². The molecule has 0 saturated heterocycles. The summed E-state index contributed by atoms with van der Waals surface area (Å²) in [6.07, 6.45) is 6.97. The Morgan fingerprint density at radius 1 is 1.53 bits per heavy atom. The molecule has 0 aromatic carbocycles. The third kappa shape index (κ3) is 3.74. The standard InChI is InChI=1S/C12H25NO2/c1-3-4-8-15-11-6-5-7-12(9-11,10-14)13-2/h11,13-14H,3-10H2,1-2H3. The zero-order valence-electron chi connectivity index (χ0n) is 10.1. The topological polar surface area (TPSA) is 41.5 Å². The Hall–Kier alpha value is -0.120. The predicted molar refractivity (Wildman–Crippen MR) is 62.0 cm³/mol. The van der Waals surface area contributed by atoms with Gasteiger partial charge in [0, 0.05) is 12.1 Å². The number of aliphatic hydroxyl groups is 1. The Labute approximate surface area is 93.2 Å². The molecule has 0 spiro atoms. The smallest absolute Gasteiger partial charge is 0.0614 e. The van der Waals surface area contributed by atoms with Crippen LogP contribution in [0.25, 0.3) is 0 Å². The van der Waals surface area contributed by atoms with Crippen molar-refractivity contribution in [2.45, 2.75) is 57.1 Å². The summed E-state index contributed by atoms with van der Waals surface area (Å²) in [6.45, 7) is 3.26. The van der Waals surface area contributed by atoms with Gasteiger partial charge in [-0.3, -0.25) is 0 Å². The van der Waals surface area contributed by atoms with Crippen LogP contribution < -0.4 is 5.32 Å². The molecule has 2 unspecified atom stereocenters. The van der Waals surface area contributed by atoms with E-state index in [1.165, 1.54) is 6.42 Å². The second-order valence-electron chi connectivity index (χ2n) is 4.63. The van der Waals surface area contributed by atoms with Gasteiger partial charge in [0.25, 0.3) is 0 Å². The molecule has 3 heteroatoms. The molecular weight excluding hydrogens is 190 g/mol. The monoisotopic (exact) mass is 215 g/mol. The van der Waals surface area contributed by atoms with Crippen molar-refractivity contribution in [2.24, 2.45) is 0 Å². The van der Waals surface area contributed by atoms with E-state index >= 15 is 0 Å². The van der Waals surface area contributed by atoms with E-state index in [0.717, 1.165) is 38.7 Å². The molecule has 0 aromatic rings.